The van der Waals surface area contributed by atoms with Crippen molar-refractivity contribution in [2.75, 3.05) is 0 Å². The molecule has 1 aromatic rings. The van der Waals surface area contributed by atoms with Gasteiger partial charge in [-0.2, -0.15) is 0 Å². The third-order valence-corrected chi connectivity index (χ3v) is 3.79. The fraction of sp³-hybridized carbons (Fsp3) is 0.467. The highest BCUT2D eigenvalue weighted by atomic mass is 19.1. The van der Waals surface area contributed by atoms with Gasteiger partial charge >= 0.3 is 5.97 Å². The van der Waals surface area contributed by atoms with E-state index in [0.717, 1.165) is 18.2 Å². The Balaban J connectivity index is 2.56. The highest BCUT2D eigenvalue weighted by Crippen LogP contribution is 2.39. The Labute approximate surface area is 121 Å². The summed E-state index contributed by atoms with van der Waals surface area (Å²) in [5.74, 6) is -3.65. The number of aliphatic carboxylic acids is 1. The van der Waals surface area contributed by atoms with E-state index in [-0.39, 0.29) is 30.4 Å². The van der Waals surface area contributed by atoms with Gasteiger partial charge in [0.25, 0.3) is 0 Å². The fourth-order valence-corrected chi connectivity index (χ4v) is 2.89. The van der Waals surface area contributed by atoms with Gasteiger partial charge in [0.15, 0.2) is 0 Å². The smallest absolute Gasteiger partial charge is 0.308 e. The first-order chi connectivity index (χ1) is 9.82. The number of hydrogen-bond donors (Lipinski definition) is 1. The van der Waals surface area contributed by atoms with Crippen molar-refractivity contribution >= 4 is 11.9 Å². The third kappa shape index (κ3) is 2.89. The number of nitrogens with zero attached hydrogens (tertiary/aromatic N) is 1. The summed E-state index contributed by atoms with van der Waals surface area (Å²) < 4.78 is 27.5. The first kappa shape index (κ1) is 15.4. The maximum absolute atomic E-state index is 14.1. The number of halogens is 2. The van der Waals surface area contributed by atoms with Crippen LogP contribution < -0.4 is 0 Å². The van der Waals surface area contributed by atoms with Crippen LogP contribution in [-0.4, -0.2) is 27.9 Å². The number of benzene rings is 1. The van der Waals surface area contributed by atoms with E-state index in [1.807, 2.05) is 0 Å². The lowest BCUT2D eigenvalue weighted by atomic mass is 9.83. The third-order valence-electron chi connectivity index (χ3n) is 3.79. The maximum atomic E-state index is 14.1. The zero-order valence-electron chi connectivity index (χ0n) is 11.8. The van der Waals surface area contributed by atoms with Crippen molar-refractivity contribution < 1.29 is 23.5 Å². The number of hydrogen-bond acceptors (Lipinski definition) is 2. The lowest BCUT2D eigenvalue weighted by Gasteiger charge is -2.42. The molecule has 1 aromatic carbocycles. The number of carbonyl (C=O) groups is 2. The Morgan fingerprint density at radius 1 is 1.38 bits per heavy atom. The Kier molecular flexibility index (Phi) is 4.25. The molecule has 1 amide bonds. The number of carboxylic acids is 1. The minimum absolute atomic E-state index is 0.0795. The van der Waals surface area contributed by atoms with Crippen LogP contribution >= 0.6 is 0 Å². The molecule has 6 heteroatoms. The van der Waals surface area contributed by atoms with Crippen LogP contribution in [0.5, 0.6) is 0 Å². The topological polar surface area (TPSA) is 57.6 Å². The molecule has 1 fully saturated rings. The first-order valence-electron chi connectivity index (χ1n) is 6.82. The Hall–Kier alpha value is -1.98. The van der Waals surface area contributed by atoms with E-state index < -0.39 is 29.6 Å². The zero-order valence-corrected chi connectivity index (χ0v) is 11.8. The number of amides is 1. The minimum Gasteiger partial charge on any atom is -0.481 e. The van der Waals surface area contributed by atoms with Gasteiger partial charge in [-0.15, -0.1) is 0 Å². The molecule has 1 heterocycles. The van der Waals surface area contributed by atoms with E-state index in [4.69, 9.17) is 0 Å². The summed E-state index contributed by atoms with van der Waals surface area (Å²) in [6, 6.07) is 1.62. The van der Waals surface area contributed by atoms with Crippen LogP contribution in [0.25, 0.3) is 0 Å². The molecule has 2 unspecified atom stereocenters. The van der Waals surface area contributed by atoms with Crippen LogP contribution in [0, 0.1) is 17.6 Å². The SMILES string of the molecule is CC(C)N1C(=O)CCC(C(=O)O)C1c1cc(F)ccc1F. The molecule has 1 N–H and O–H groups in total. The molecule has 0 saturated carbocycles. The average Bonchev–Trinajstić information content (AvgIpc) is 2.40. The van der Waals surface area contributed by atoms with E-state index in [2.05, 4.69) is 0 Å². The monoisotopic (exact) mass is 297 g/mol. The number of carboxylic acid groups (broad SMARTS) is 1. The molecule has 0 aromatic heterocycles. The van der Waals surface area contributed by atoms with Crippen LogP contribution in [0.15, 0.2) is 18.2 Å². The first-order valence-corrected chi connectivity index (χ1v) is 6.82. The van der Waals surface area contributed by atoms with Crippen molar-refractivity contribution in [2.45, 2.75) is 38.8 Å². The van der Waals surface area contributed by atoms with E-state index in [0.29, 0.717) is 0 Å². The molecule has 0 radical (unpaired) electrons. The molecule has 1 saturated heterocycles. The summed E-state index contributed by atoms with van der Waals surface area (Å²) >= 11 is 0. The van der Waals surface area contributed by atoms with Crippen LogP contribution in [-0.2, 0) is 9.59 Å². The minimum atomic E-state index is -1.11. The van der Waals surface area contributed by atoms with Gasteiger partial charge in [0.1, 0.15) is 11.6 Å². The summed E-state index contributed by atoms with van der Waals surface area (Å²) in [6.07, 6.45) is 0.223. The number of likely N-dealkylation sites (tertiary alicyclic amines) is 1. The highest BCUT2D eigenvalue weighted by Gasteiger charge is 2.42. The van der Waals surface area contributed by atoms with Gasteiger partial charge in [-0.25, -0.2) is 8.78 Å². The quantitative estimate of drug-likeness (QED) is 0.933. The predicted octanol–water partition coefficient (Wildman–Crippen LogP) is 2.74. The van der Waals surface area contributed by atoms with Crippen molar-refractivity contribution in [3.8, 4) is 0 Å². The summed E-state index contributed by atoms with van der Waals surface area (Å²) in [7, 11) is 0. The Morgan fingerprint density at radius 2 is 2.05 bits per heavy atom. The zero-order chi connectivity index (χ0) is 15.7. The highest BCUT2D eigenvalue weighted by molar-refractivity contribution is 5.82. The van der Waals surface area contributed by atoms with Crippen LogP contribution in [0.1, 0.15) is 38.3 Å². The van der Waals surface area contributed by atoms with Gasteiger partial charge in [-0.1, -0.05) is 0 Å². The Bertz CT molecular complexity index is 574. The fourth-order valence-electron chi connectivity index (χ4n) is 2.89. The van der Waals surface area contributed by atoms with Crippen molar-refractivity contribution in [1.29, 1.82) is 0 Å². The van der Waals surface area contributed by atoms with Gasteiger partial charge in [0.05, 0.1) is 12.0 Å². The molecule has 0 spiro atoms. The van der Waals surface area contributed by atoms with E-state index >= 15 is 0 Å². The predicted molar refractivity (Wildman–Crippen MR) is 71.4 cm³/mol. The van der Waals surface area contributed by atoms with E-state index in [9.17, 15) is 23.5 Å². The van der Waals surface area contributed by atoms with Gasteiger partial charge in [0.2, 0.25) is 5.91 Å². The molecule has 2 rings (SSSR count). The molecular formula is C15H17F2NO3. The molecule has 2 atom stereocenters. The summed E-state index contributed by atoms with van der Waals surface area (Å²) in [5, 5.41) is 9.36. The average molecular weight is 297 g/mol. The maximum Gasteiger partial charge on any atom is 0.308 e. The second-order valence-corrected chi connectivity index (χ2v) is 5.49. The van der Waals surface area contributed by atoms with Gasteiger partial charge in [-0.3, -0.25) is 9.59 Å². The Morgan fingerprint density at radius 3 is 2.62 bits per heavy atom. The molecule has 21 heavy (non-hydrogen) atoms. The molecule has 114 valence electrons. The number of carbonyl (C=O) groups excluding carboxylic acids is 1. The van der Waals surface area contributed by atoms with Crippen molar-refractivity contribution in [3.63, 3.8) is 0 Å². The van der Waals surface area contributed by atoms with Crippen LogP contribution in [0.4, 0.5) is 8.78 Å². The number of rotatable bonds is 3. The molecule has 1 aliphatic rings. The summed E-state index contributed by atoms with van der Waals surface area (Å²) in [6.45, 7) is 3.46. The largest absolute Gasteiger partial charge is 0.481 e. The molecule has 0 aliphatic carbocycles. The van der Waals surface area contributed by atoms with Gasteiger partial charge in [0, 0.05) is 18.0 Å². The van der Waals surface area contributed by atoms with Gasteiger partial charge < -0.3 is 10.0 Å². The van der Waals surface area contributed by atoms with E-state index in [1.54, 1.807) is 13.8 Å². The van der Waals surface area contributed by atoms with Crippen molar-refractivity contribution in [2.24, 2.45) is 5.92 Å². The van der Waals surface area contributed by atoms with Crippen molar-refractivity contribution in [3.05, 3.63) is 35.4 Å². The molecule has 4 nitrogen and oxygen atoms in total. The van der Waals surface area contributed by atoms with E-state index in [1.165, 1.54) is 4.90 Å². The van der Waals surface area contributed by atoms with Gasteiger partial charge in [-0.05, 0) is 38.5 Å². The second kappa shape index (κ2) is 5.79. The molecule has 1 aliphatic heterocycles. The normalized spacial score (nSPS) is 22.7. The lowest BCUT2D eigenvalue weighted by molar-refractivity contribution is -0.153. The number of piperidine rings is 1. The molecular weight excluding hydrogens is 280 g/mol. The van der Waals surface area contributed by atoms with Crippen LogP contribution in [0.3, 0.4) is 0 Å². The van der Waals surface area contributed by atoms with Crippen molar-refractivity contribution in [1.82, 2.24) is 4.90 Å². The molecule has 0 bridgehead atoms. The van der Waals surface area contributed by atoms with Crippen LogP contribution in [0.2, 0.25) is 0 Å². The summed E-state index contributed by atoms with van der Waals surface area (Å²) in [4.78, 5) is 24.9. The summed E-state index contributed by atoms with van der Waals surface area (Å²) in [5.41, 5.74) is -0.0795. The lowest BCUT2D eigenvalue weighted by Crippen LogP contribution is -2.48. The second-order valence-electron chi connectivity index (χ2n) is 5.49. The standard InChI is InChI=1S/C15H17F2NO3/c1-8(2)18-13(19)6-4-10(15(20)21)14(18)11-7-9(16)3-5-12(11)17/h3,5,7-8,10,14H,4,6H2,1-2H3,(H,20,21).